The summed E-state index contributed by atoms with van der Waals surface area (Å²) in [6.07, 6.45) is 0. The number of fused-ring (bicyclic) bond motifs is 3. The second-order valence-electron chi connectivity index (χ2n) is 7.37. The number of benzene rings is 3. The van der Waals surface area contributed by atoms with Gasteiger partial charge in [0.15, 0.2) is 0 Å². The van der Waals surface area contributed by atoms with E-state index in [0.29, 0.717) is 22.6 Å². The lowest BCUT2D eigenvalue weighted by Crippen LogP contribution is -2.08. The Bertz CT molecular complexity index is 1360. The van der Waals surface area contributed by atoms with Crippen LogP contribution in [0.2, 0.25) is 0 Å². The van der Waals surface area contributed by atoms with Crippen LogP contribution >= 0.6 is 0 Å². The van der Waals surface area contributed by atoms with Crippen LogP contribution in [0.1, 0.15) is 13.8 Å². The molecule has 0 fully saturated rings. The molecule has 3 aromatic carbocycles. The lowest BCUT2D eigenvalue weighted by molar-refractivity contribution is -0.130. The standard InChI is InChI=1S/C26H21NO4/c1-16(2)25(28)30-19-11-9-18(10-12-19)27-23-8-6-5-7-21(23)22-15-20(13-14-24(22)27)31-26(29)17(3)4/h5-15H,1,3H2,2,4H3. The largest absolute Gasteiger partial charge is 0.423 e. The summed E-state index contributed by atoms with van der Waals surface area (Å²) in [7, 11) is 0. The van der Waals surface area contributed by atoms with E-state index in [4.69, 9.17) is 9.47 Å². The topological polar surface area (TPSA) is 57.5 Å². The van der Waals surface area contributed by atoms with Gasteiger partial charge in [-0.25, -0.2) is 9.59 Å². The fraction of sp³-hybridized carbons (Fsp3) is 0.0769. The van der Waals surface area contributed by atoms with Gasteiger partial charge in [0, 0.05) is 27.6 Å². The van der Waals surface area contributed by atoms with Crippen LogP contribution in [0.5, 0.6) is 11.5 Å². The molecule has 5 heteroatoms. The number of aromatic nitrogens is 1. The molecule has 0 bridgehead atoms. The summed E-state index contributed by atoms with van der Waals surface area (Å²) in [4.78, 5) is 23.7. The summed E-state index contributed by atoms with van der Waals surface area (Å²) in [5.74, 6) is 0.00130. The van der Waals surface area contributed by atoms with Crippen molar-refractivity contribution < 1.29 is 19.1 Å². The number of nitrogens with zero attached hydrogens (tertiary/aromatic N) is 1. The third-order valence-corrected chi connectivity index (χ3v) is 4.86. The average Bonchev–Trinajstić information content (AvgIpc) is 3.08. The molecular weight excluding hydrogens is 390 g/mol. The minimum absolute atomic E-state index is 0.342. The van der Waals surface area contributed by atoms with E-state index < -0.39 is 11.9 Å². The molecule has 1 heterocycles. The Labute approximate surface area is 179 Å². The predicted molar refractivity (Wildman–Crippen MR) is 122 cm³/mol. The van der Waals surface area contributed by atoms with Crippen LogP contribution < -0.4 is 9.47 Å². The fourth-order valence-electron chi connectivity index (χ4n) is 3.35. The van der Waals surface area contributed by atoms with Crippen LogP contribution in [0.15, 0.2) is 91.0 Å². The molecule has 0 aliphatic rings. The van der Waals surface area contributed by atoms with E-state index in [1.807, 2.05) is 48.5 Å². The van der Waals surface area contributed by atoms with Gasteiger partial charge in [-0.2, -0.15) is 0 Å². The predicted octanol–water partition coefficient (Wildman–Crippen LogP) is 5.75. The smallest absolute Gasteiger partial charge is 0.338 e. The number of para-hydroxylation sites is 1. The highest BCUT2D eigenvalue weighted by Crippen LogP contribution is 2.34. The quantitative estimate of drug-likeness (QED) is 0.238. The first-order valence-electron chi connectivity index (χ1n) is 9.74. The lowest BCUT2D eigenvalue weighted by Gasteiger charge is -2.10. The summed E-state index contributed by atoms with van der Waals surface area (Å²) in [5, 5.41) is 1.99. The van der Waals surface area contributed by atoms with E-state index in [9.17, 15) is 9.59 Å². The summed E-state index contributed by atoms with van der Waals surface area (Å²) in [6, 6.07) is 20.8. The molecule has 0 aliphatic carbocycles. The monoisotopic (exact) mass is 411 g/mol. The SMILES string of the molecule is C=C(C)C(=O)Oc1ccc(-n2c3ccccc3c3cc(OC(=O)C(=C)C)ccc32)cc1. The Hall–Kier alpha value is -4.12. The first kappa shape index (κ1) is 20.2. The van der Waals surface area contributed by atoms with Gasteiger partial charge in [-0.05, 0) is 62.4 Å². The molecule has 0 saturated heterocycles. The Kier molecular flexibility index (Phi) is 5.17. The Balaban J connectivity index is 1.80. The Morgan fingerprint density at radius 1 is 0.710 bits per heavy atom. The Morgan fingerprint density at radius 2 is 1.26 bits per heavy atom. The van der Waals surface area contributed by atoms with Crippen molar-refractivity contribution in [2.24, 2.45) is 0 Å². The van der Waals surface area contributed by atoms with Crippen LogP contribution in [0.4, 0.5) is 0 Å². The van der Waals surface area contributed by atoms with E-state index in [1.54, 1.807) is 32.0 Å². The molecule has 0 saturated carbocycles. The van der Waals surface area contributed by atoms with Crippen molar-refractivity contribution >= 4 is 33.7 Å². The summed E-state index contributed by atoms with van der Waals surface area (Å²) in [5.41, 5.74) is 3.56. The molecule has 4 rings (SSSR count). The maximum atomic E-state index is 11.9. The van der Waals surface area contributed by atoms with Gasteiger partial charge in [-0.1, -0.05) is 31.4 Å². The van der Waals surface area contributed by atoms with Gasteiger partial charge >= 0.3 is 11.9 Å². The lowest BCUT2D eigenvalue weighted by atomic mass is 10.1. The number of carbonyl (C=O) groups is 2. The highest BCUT2D eigenvalue weighted by molar-refractivity contribution is 6.09. The van der Waals surface area contributed by atoms with Gasteiger partial charge in [-0.15, -0.1) is 0 Å². The van der Waals surface area contributed by atoms with E-state index in [1.165, 1.54) is 0 Å². The normalized spacial score (nSPS) is 10.8. The zero-order valence-corrected chi connectivity index (χ0v) is 17.3. The number of hydrogen-bond donors (Lipinski definition) is 0. The van der Waals surface area contributed by atoms with Gasteiger partial charge in [0.1, 0.15) is 11.5 Å². The molecule has 0 aliphatic heterocycles. The third-order valence-electron chi connectivity index (χ3n) is 4.86. The second-order valence-corrected chi connectivity index (χ2v) is 7.37. The van der Waals surface area contributed by atoms with Gasteiger partial charge in [0.25, 0.3) is 0 Å². The molecule has 0 radical (unpaired) electrons. The third kappa shape index (κ3) is 3.85. The first-order chi connectivity index (χ1) is 14.8. The molecule has 0 unspecified atom stereocenters. The first-order valence-corrected chi connectivity index (χ1v) is 9.74. The maximum Gasteiger partial charge on any atom is 0.338 e. The van der Waals surface area contributed by atoms with E-state index >= 15 is 0 Å². The van der Waals surface area contributed by atoms with Crippen molar-refractivity contribution in [1.82, 2.24) is 4.57 Å². The number of esters is 2. The maximum absolute atomic E-state index is 11.9. The number of hydrogen-bond acceptors (Lipinski definition) is 4. The van der Waals surface area contributed by atoms with Crippen LogP contribution in [0.3, 0.4) is 0 Å². The van der Waals surface area contributed by atoms with E-state index in [0.717, 1.165) is 27.5 Å². The van der Waals surface area contributed by atoms with Crippen molar-refractivity contribution in [3.8, 4) is 17.2 Å². The molecule has 4 aromatic rings. The van der Waals surface area contributed by atoms with Crippen molar-refractivity contribution in [3.63, 3.8) is 0 Å². The molecule has 0 atom stereocenters. The van der Waals surface area contributed by atoms with Crippen LogP contribution in [-0.2, 0) is 9.59 Å². The van der Waals surface area contributed by atoms with Crippen molar-refractivity contribution in [2.45, 2.75) is 13.8 Å². The zero-order valence-electron chi connectivity index (χ0n) is 17.3. The van der Waals surface area contributed by atoms with Crippen LogP contribution in [0.25, 0.3) is 27.5 Å². The van der Waals surface area contributed by atoms with Crippen molar-refractivity contribution in [1.29, 1.82) is 0 Å². The number of carbonyl (C=O) groups excluding carboxylic acids is 2. The van der Waals surface area contributed by atoms with E-state index in [2.05, 4.69) is 17.7 Å². The minimum Gasteiger partial charge on any atom is -0.423 e. The van der Waals surface area contributed by atoms with Gasteiger partial charge in [0.05, 0.1) is 11.0 Å². The van der Waals surface area contributed by atoms with E-state index in [-0.39, 0.29) is 0 Å². The van der Waals surface area contributed by atoms with Crippen LogP contribution in [-0.4, -0.2) is 16.5 Å². The molecule has 31 heavy (non-hydrogen) atoms. The van der Waals surface area contributed by atoms with Crippen molar-refractivity contribution in [3.05, 3.63) is 91.0 Å². The molecule has 0 N–H and O–H groups in total. The number of rotatable bonds is 5. The fourth-order valence-corrected chi connectivity index (χ4v) is 3.35. The van der Waals surface area contributed by atoms with Gasteiger partial charge < -0.3 is 14.0 Å². The summed E-state index contributed by atoms with van der Waals surface area (Å²) >= 11 is 0. The van der Waals surface area contributed by atoms with Crippen LogP contribution in [0, 0.1) is 0 Å². The number of ether oxygens (including phenoxy) is 2. The van der Waals surface area contributed by atoms with Gasteiger partial charge in [0.2, 0.25) is 0 Å². The van der Waals surface area contributed by atoms with Crippen molar-refractivity contribution in [2.75, 3.05) is 0 Å². The molecule has 5 nitrogen and oxygen atoms in total. The molecular formula is C26H21NO4. The second kappa shape index (κ2) is 7.95. The molecule has 0 amide bonds. The zero-order chi connectivity index (χ0) is 22.1. The summed E-state index contributed by atoms with van der Waals surface area (Å²) in [6.45, 7) is 10.4. The molecule has 0 spiro atoms. The summed E-state index contributed by atoms with van der Waals surface area (Å²) < 4.78 is 12.8. The minimum atomic E-state index is -0.457. The average molecular weight is 411 g/mol. The molecule has 1 aromatic heterocycles. The molecule has 154 valence electrons. The van der Waals surface area contributed by atoms with Gasteiger partial charge in [-0.3, -0.25) is 0 Å². The highest BCUT2D eigenvalue weighted by atomic mass is 16.5. The highest BCUT2D eigenvalue weighted by Gasteiger charge is 2.14. The Morgan fingerprint density at radius 3 is 1.90 bits per heavy atom.